The molecule has 3 heterocycles. The molecule has 1 aliphatic rings. The van der Waals surface area contributed by atoms with Gasteiger partial charge in [0, 0.05) is 25.4 Å². The van der Waals surface area contributed by atoms with Crippen LogP contribution in [-0.4, -0.2) is 34.9 Å². The molecule has 0 bridgehead atoms. The van der Waals surface area contributed by atoms with Gasteiger partial charge in [-0.15, -0.1) is 10.2 Å². The molecule has 0 atom stereocenters. The van der Waals surface area contributed by atoms with Gasteiger partial charge in [-0.3, -0.25) is 4.98 Å². The first-order valence-corrected chi connectivity index (χ1v) is 8.44. The van der Waals surface area contributed by atoms with Crippen molar-refractivity contribution in [2.45, 2.75) is 25.9 Å². The summed E-state index contributed by atoms with van der Waals surface area (Å²) in [5.41, 5.74) is -0.929. The second-order valence-electron chi connectivity index (χ2n) is 5.72. The third-order valence-corrected chi connectivity index (χ3v) is 4.81. The molecular weight excluding hydrogens is 341 g/mol. The zero-order valence-electron chi connectivity index (χ0n) is 13.1. The number of hydrogen-bond donors (Lipinski definition) is 0. The van der Waals surface area contributed by atoms with Crippen LogP contribution in [-0.2, 0) is 6.18 Å². The molecule has 0 aliphatic carbocycles. The summed E-state index contributed by atoms with van der Waals surface area (Å²) < 4.78 is 43.4. The number of nitrogens with zero attached hydrogens (tertiary/aromatic N) is 4. The number of halogens is 3. The lowest BCUT2D eigenvalue weighted by Crippen LogP contribution is -2.35. The second kappa shape index (κ2) is 6.92. The number of piperidine rings is 1. The van der Waals surface area contributed by atoms with Gasteiger partial charge in [-0.25, -0.2) is 0 Å². The highest BCUT2D eigenvalue weighted by atomic mass is 32.1. The summed E-state index contributed by atoms with van der Waals surface area (Å²) in [5, 5.41) is 10.0. The third kappa shape index (κ3) is 4.14. The Hall–Kier alpha value is -1.90. The Bertz CT molecular complexity index is 683. The van der Waals surface area contributed by atoms with E-state index in [2.05, 4.69) is 20.1 Å². The molecule has 3 rings (SSSR count). The first-order chi connectivity index (χ1) is 11.4. The molecule has 0 N–H and O–H groups in total. The number of rotatable bonds is 4. The van der Waals surface area contributed by atoms with Gasteiger partial charge in [-0.1, -0.05) is 11.3 Å². The number of anilines is 1. The summed E-state index contributed by atoms with van der Waals surface area (Å²) in [4.78, 5) is 5.52. The highest BCUT2D eigenvalue weighted by molar-refractivity contribution is 7.15. The zero-order valence-corrected chi connectivity index (χ0v) is 13.9. The van der Waals surface area contributed by atoms with Crippen LogP contribution in [0.4, 0.5) is 18.3 Å². The molecule has 9 heteroatoms. The summed E-state index contributed by atoms with van der Waals surface area (Å²) in [6.45, 7) is 4.04. The fourth-order valence-corrected chi connectivity index (χ4v) is 3.31. The Morgan fingerprint density at radius 1 is 1.29 bits per heavy atom. The van der Waals surface area contributed by atoms with Gasteiger partial charge in [0.05, 0.1) is 6.61 Å². The lowest BCUT2D eigenvalue weighted by atomic mass is 9.98. The Balaban J connectivity index is 1.50. The van der Waals surface area contributed by atoms with Gasteiger partial charge < -0.3 is 9.64 Å². The van der Waals surface area contributed by atoms with Crippen molar-refractivity contribution in [2.75, 3.05) is 24.6 Å². The van der Waals surface area contributed by atoms with Gasteiger partial charge in [0.2, 0.25) is 5.13 Å². The molecule has 0 saturated carbocycles. The van der Waals surface area contributed by atoms with E-state index in [4.69, 9.17) is 4.74 Å². The van der Waals surface area contributed by atoms with E-state index in [1.807, 2.05) is 6.92 Å². The molecule has 130 valence electrons. The summed E-state index contributed by atoms with van der Waals surface area (Å²) in [6, 6.07) is 2.40. The largest absolute Gasteiger partial charge is 0.493 e. The predicted molar refractivity (Wildman–Crippen MR) is 84.3 cm³/mol. The minimum absolute atomic E-state index is 0.208. The maximum Gasteiger partial charge on any atom is 0.433 e. The maximum atomic E-state index is 12.6. The van der Waals surface area contributed by atoms with E-state index in [0.29, 0.717) is 12.5 Å². The van der Waals surface area contributed by atoms with Crippen LogP contribution in [0.2, 0.25) is 0 Å². The fourth-order valence-electron chi connectivity index (χ4n) is 2.57. The third-order valence-electron chi connectivity index (χ3n) is 3.91. The van der Waals surface area contributed by atoms with Crippen LogP contribution in [0, 0.1) is 12.8 Å². The van der Waals surface area contributed by atoms with Crippen LogP contribution >= 0.6 is 11.3 Å². The Morgan fingerprint density at radius 2 is 2.04 bits per heavy atom. The smallest absolute Gasteiger partial charge is 0.433 e. The molecule has 24 heavy (non-hydrogen) atoms. The van der Waals surface area contributed by atoms with E-state index in [1.54, 1.807) is 11.3 Å². The van der Waals surface area contributed by atoms with Crippen LogP contribution in [0.25, 0.3) is 0 Å². The van der Waals surface area contributed by atoms with Crippen LogP contribution in [0.3, 0.4) is 0 Å². The van der Waals surface area contributed by atoms with Crippen LogP contribution in [0.15, 0.2) is 18.3 Å². The molecule has 0 radical (unpaired) electrons. The van der Waals surface area contributed by atoms with Crippen LogP contribution < -0.4 is 9.64 Å². The van der Waals surface area contributed by atoms with Crippen molar-refractivity contribution in [2.24, 2.45) is 5.92 Å². The van der Waals surface area contributed by atoms with Crippen molar-refractivity contribution in [1.82, 2.24) is 15.2 Å². The highest BCUT2D eigenvalue weighted by Gasteiger charge is 2.32. The number of aryl methyl sites for hydroxylation is 1. The van der Waals surface area contributed by atoms with Crippen molar-refractivity contribution >= 4 is 16.5 Å². The van der Waals surface area contributed by atoms with E-state index in [-0.39, 0.29) is 5.75 Å². The summed E-state index contributed by atoms with van der Waals surface area (Å²) in [7, 11) is 0. The first kappa shape index (κ1) is 16.9. The number of aromatic nitrogens is 3. The molecule has 2 aromatic rings. The minimum atomic E-state index is -4.45. The molecular formula is C15H17F3N4OS. The van der Waals surface area contributed by atoms with Gasteiger partial charge in [-0.2, -0.15) is 13.2 Å². The van der Waals surface area contributed by atoms with Crippen molar-refractivity contribution < 1.29 is 17.9 Å². The summed E-state index contributed by atoms with van der Waals surface area (Å²) in [5.74, 6) is 0.525. The molecule has 2 aromatic heterocycles. The number of ether oxygens (including phenoxy) is 1. The normalized spacial score (nSPS) is 16.4. The average molecular weight is 358 g/mol. The Morgan fingerprint density at radius 3 is 2.67 bits per heavy atom. The molecule has 1 aliphatic heterocycles. The van der Waals surface area contributed by atoms with Gasteiger partial charge >= 0.3 is 6.18 Å². The molecule has 0 spiro atoms. The van der Waals surface area contributed by atoms with E-state index in [0.717, 1.165) is 48.3 Å². The SMILES string of the molecule is Cc1nnc(N2CCC(COc3ccnc(C(F)(F)F)c3)CC2)s1. The molecule has 0 aromatic carbocycles. The molecule has 0 amide bonds. The first-order valence-electron chi connectivity index (χ1n) is 7.63. The molecule has 1 saturated heterocycles. The fraction of sp³-hybridized carbons (Fsp3) is 0.533. The Kier molecular flexibility index (Phi) is 4.88. The topological polar surface area (TPSA) is 51.1 Å². The van der Waals surface area contributed by atoms with Gasteiger partial charge in [0.1, 0.15) is 16.5 Å². The van der Waals surface area contributed by atoms with E-state index in [1.165, 1.54) is 6.07 Å². The second-order valence-corrected chi connectivity index (χ2v) is 6.88. The summed E-state index contributed by atoms with van der Waals surface area (Å²) >= 11 is 1.57. The molecule has 5 nitrogen and oxygen atoms in total. The monoisotopic (exact) mass is 358 g/mol. The van der Waals surface area contributed by atoms with Crippen molar-refractivity contribution in [3.63, 3.8) is 0 Å². The molecule has 0 unspecified atom stereocenters. The quantitative estimate of drug-likeness (QED) is 0.837. The molecule has 1 fully saturated rings. The van der Waals surface area contributed by atoms with Crippen molar-refractivity contribution in [3.05, 3.63) is 29.0 Å². The van der Waals surface area contributed by atoms with Crippen LogP contribution in [0.1, 0.15) is 23.5 Å². The predicted octanol–water partition coefficient (Wildman–Crippen LogP) is 3.56. The van der Waals surface area contributed by atoms with Crippen LogP contribution in [0.5, 0.6) is 5.75 Å². The summed E-state index contributed by atoms with van der Waals surface area (Å²) in [6.07, 6.45) is -1.51. The number of alkyl halides is 3. The van der Waals surface area contributed by atoms with E-state index in [9.17, 15) is 13.2 Å². The number of pyridine rings is 1. The lowest BCUT2D eigenvalue weighted by Gasteiger charge is -2.31. The standard InChI is InChI=1S/C15H17F3N4OS/c1-10-20-21-14(24-10)22-6-3-11(4-7-22)9-23-12-2-5-19-13(8-12)15(16,17)18/h2,5,8,11H,3-4,6-7,9H2,1H3. The van der Waals surface area contributed by atoms with E-state index >= 15 is 0 Å². The van der Waals surface area contributed by atoms with Gasteiger partial charge in [0.25, 0.3) is 0 Å². The Labute approximate surface area is 141 Å². The minimum Gasteiger partial charge on any atom is -0.493 e. The lowest BCUT2D eigenvalue weighted by molar-refractivity contribution is -0.141. The maximum absolute atomic E-state index is 12.6. The zero-order chi connectivity index (χ0) is 17.2. The van der Waals surface area contributed by atoms with Crippen molar-refractivity contribution in [1.29, 1.82) is 0 Å². The van der Waals surface area contributed by atoms with Gasteiger partial charge in [-0.05, 0) is 31.7 Å². The average Bonchev–Trinajstić information content (AvgIpc) is 2.99. The van der Waals surface area contributed by atoms with Crippen molar-refractivity contribution in [3.8, 4) is 5.75 Å². The number of hydrogen-bond acceptors (Lipinski definition) is 6. The van der Waals surface area contributed by atoms with E-state index < -0.39 is 11.9 Å². The highest BCUT2D eigenvalue weighted by Crippen LogP contribution is 2.30. The van der Waals surface area contributed by atoms with Gasteiger partial charge in [0.15, 0.2) is 0 Å².